The minimum atomic E-state index is -0.800. The smallest absolute Gasteiger partial charge is 0.290 e. The summed E-state index contributed by atoms with van der Waals surface area (Å²) >= 11 is 0. The average Bonchev–Trinajstić information content (AvgIpc) is 2.89. The van der Waals surface area contributed by atoms with E-state index in [1.54, 1.807) is 6.07 Å². The molecule has 146 valence electrons. The summed E-state index contributed by atoms with van der Waals surface area (Å²) in [5.74, 6) is -1.33. The van der Waals surface area contributed by atoms with Gasteiger partial charge in [0.2, 0.25) is 0 Å². The van der Waals surface area contributed by atoms with E-state index in [0.717, 1.165) is 25.7 Å². The maximum atomic E-state index is 12.7. The Hall–Kier alpha value is -2.70. The summed E-state index contributed by atoms with van der Waals surface area (Å²) in [6.07, 6.45) is 3.87. The molecule has 1 amide bonds. The molecule has 2 rings (SSSR count). The van der Waals surface area contributed by atoms with Crippen molar-refractivity contribution in [3.05, 3.63) is 51.3 Å². The van der Waals surface area contributed by atoms with Crippen molar-refractivity contribution >= 4 is 17.4 Å². The van der Waals surface area contributed by atoms with Gasteiger partial charge in [0.15, 0.2) is 11.5 Å². The van der Waals surface area contributed by atoms with E-state index in [-0.39, 0.29) is 17.2 Å². The second-order valence-corrected chi connectivity index (χ2v) is 6.95. The zero-order valence-corrected chi connectivity index (χ0v) is 16.0. The second kappa shape index (κ2) is 8.79. The summed E-state index contributed by atoms with van der Waals surface area (Å²) < 4.78 is 0. The minimum absolute atomic E-state index is 0.00541. The molecule has 7 heteroatoms. The molecular weight excluding hydrogens is 348 g/mol. The predicted molar refractivity (Wildman–Crippen MR) is 101 cm³/mol. The number of rotatable bonds is 9. The average molecular weight is 374 g/mol. The molecule has 0 saturated heterocycles. The van der Waals surface area contributed by atoms with E-state index in [1.807, 2.05) is 6.92 Å². The number of nitro groups is 1. The third kappa shape index (κ3) is 4.35. The Morgan fingerprint density at radius 2 is 2.07 bits per heavy atom. The number of aliphatic hydroxyl groups is 1. The predicted octanol–water partition coefficient (Wildman–Crippen LogP) is 4.10. The maximum Gasteiger partial charge on any atom is 0.290 e. The van der Waals surface area contributed by atoms with Crippen molar-refractivity contribution in [2.24, 2.45) is 5.92 Å². The van der Waals surface area contributed by atoms with E-state index in [1.165, 1.54) is 30.0 Å². The molecule has 0 bridgehead atoms. The van der Waals surface area contributed by atoms with Crippen LogP contribution >= 0.6 is 0 Å². The van der Waals surface area contributed by atoms with Gasteiger partial charge in [-0.3, -0.25) is 19.7 Å². The molecule has 1 aliphatic heterocycles. The summed E-state index contributed by atoms with van der Waals surface area (Å²) in [6, 6.07) is 5.09. The lowest BCUT2D eigenvalue weighted by atomic mass is 9.94. The van der Waals surface area contributed by atoms with Crippen LogP contribution in [0.1, 0.15) is 58.1 Å². The fourth-order valence-electron chi connectivity index (χ4n) is 3.55. The van der Waals surface area contributed by atoms with Gasteiger partial charge in [-0.2, -0.15) is 0 Å². The molecule has 0 aromatic heterocycles. The van der Waals surface area contributed by atoms with Gasteiger partial charge < -0.3 is 10.0 Å². The number of hydrogen-bond acceptors (Lipinski definition) is 5. The van der Waals surface area contributed by atoms with Crippen LogP contribution in [-0.2, 0) is 9.59 Å². The second-order valence-electron chi connectivity index (χ2n) is 6.95. The fourth-order valence-corrected chi connectivity index (χ4v) is 3.55. The van der Waals surface area contributed by atoms with Crippen LogP contribution in [0.5, 0.6) is 0 Å². The highest BCUT2D eigenvalue weighted by atomic mass is 16.6. The first-order valence-electron chi connectivity index (χ1n) is 9.31. The normalized spacial score (nSPS) is 18.1. The van der Waals surface area contributed by atoms with Gasteiger partial charge in [-0.1, -0.05) is 45.2 Å². The van der Waals surface area contributed by atoms with Gasteiger partial charge in [0.1, 0.15) is 0 Å². The van der Waals surface area contributed by atoms with Crippen molar-refractivity contribution in [2.45, 2.75) is 52.5 Å². The van der Waals surface area contributed by atoms with Crippen LogP contribution in [0, 0.1) is 16.0 Å². The van der Waals surface area contributed by atoms with Crippen molar-refractivity contribution in [1.29, 1.82) is 0 Å². The van der Waals surface area contributed by atoms with Crippen molar-refractivity contribution in [2.75, 3.05) is 6.54 Å². The Bertz CT molecular complexity index is 771. The zero-order chi connectivity index (χ0) is 20.1. The number of ketones is 1. The van der Waals surface area contributed by atoms with Crippen LogP contribution < -0.4 is 0 Å². The first-order valence-corrected chi connectivity index (χ1v) is 9.31. The number of amides is 1. The van der Waals surface area contributed by atoms with E-state index < -0.39 is 28.4 Å². The summed E-state index contributed by atoms with van der Waals surface area (Å²) in [4.78, 5) is 36.9. The van der Waals surface area contributed by atoms with Crippen LogP contribution in [0.3, 0.4) is 0 Å². The van der Waals surface area contributed by atoms with Crippen molar-refractivity contribution < 1.29 is 19.6 Å². The standard InChI is InChI=1S/C20H26N2O5/c1-4-6-8-14(5-2)12-21-18(17(13(3)23)19(24)20(21)25)15-9-7-10-16(11-15)22(26)27/h7,9-11,14,18,24H,4-6,8,12H2,1-3H3/t14-,18+/m1/s1. The lowest BCUT2D eigenvalue weighted by molar-refractivity contribution is -0.384. The molecule has 0 spiro atoms. The fraction of sp³-hybridized carbons (Fsp3) is 0.500. The number of non-ortho nitro benzene ring substituents is 1. The quantitative estimate of drug-likeness (QED) is 0.518. The first-order chi connectivity index (χ1) is 12.8. The molecule has 1 aliphatic rings. The molecule has 0 radical (unpaired) electrons. The van der Waals surface area contributed by atoms with Crippen LogP contribution in [0.2, 0.25) is 0 Å². The number of carbonyl (C=O) groups is 2. The van der Waals surface area contributed by atoms with Gasteiger partial charge in [-0.15, -0.1) is 0 Å². The van der Waals surface area contributed by atoms with Crippen LogP contribution in [0.15, 0.2) is 35.6 Å². The molecule has 0 unspecified atom stereocenters. The van der Waals surface area contributed by atoms with Crippen LogP contribution in [0.4, 0.5) is 5.69 Å². The number of carbonyl (C=O) groups excluding carboxylic acids is 2. The van der Waals surface area contributed by atoms with Crippen molar-refractivity contribution in [3.8, 4) is 0 Å². The highest BCUT2D eigenvalue weighted by molar-refractivity contribution is 6.08. The molecule has 0 fully saturated rings. The van der Waals surface area contributed by atoms with Gasteiger partial charge in [-0.25, -0.2) is 0 Å². The van der Waals surface area contributed by atoms with Gasteiger partial charge in [0, 0.05) is 18.7 Å². The van der Waals surface area contributed by atoms with Crippen molar-refractivity contribution in [1.82, 2.24) is 4.90 Å². The van der Waals surface area contributed by atoms with E-state index in [2.05, 4.69) is 6.92 Å². The number of nitrogens with zero attached hydrogens (tertiary/aromatic N) is 2. The largest absolute Gasteiger partial charge is 0.503 e. The van der Waals surface area contributed by atoms with Gasteiger partial charge in [0.05, 0.1) is 16.5 Å². The summed E-state index contributed by atoms with van der Waals surface area (Å²) in [5.41, 5.74) is 0.343. The monoisotopic (exact) mass is 374 g/mol. The molecule has 1 aromatic rings. The SMILES string of the molecule is CCCC[C@@H](CC)CN1C(=O)C(O)=C(C(C)=O)[C@@H]1c1cccc([N+](=O)[O-])c1. The number of Topliss-reactive ketones (excluding diaryl/α,β-unsaturated/α-hetero) is 1. The maximum absolute atomic E-state index is 12.7. The minimum Gasteiger partial charge on any atom is -0.503 e. The molecule has 27 heavy (non-hydrogen) atoms. The topological polar surface area (TPSA) is 101 Å². The first kappa shape index (κ1) is 20.6. The number of unbranched alkanes of at least 4 members (excludes halogenated alkanes) is 1. The summed E-state index contributed by atoms with van der Waals surface area (Å²) in [6.45, 7) is 5.83. The van der Waals surface area contributed by atoms with Crippen LogP contribution in [0.25, 0.3) is 0 Å². The Morgan fingerprint density at radius 1 is 1.37 bits per heavy atom. The van der Waals surface area contributed by atoms with Gasteiger partial charge >= 0.3 is 0 Å². The molecule has 1 aromatic carbocycles. The summed E-state index contributed by atoms with van der Waals surface area (Å²) in [5, 5.41) is 21.4. The molecule has 1 N–H and O–H groups in total. The van der Waals surface area contributed by atoms with Gasteiger partial charge in [0.25, 0.3) is 11.6 Å². The van der Waals surface area contributed by atoms with Gasteiger partial charge in [-0.05, 0) is 24.8 Å². The molecule has 0 saturated carbocycles. The summed E-state index contributed by atoms with van der Waals surface area (Å²) in [7, 11) is 0. The lowest BCUT2D eigenvalue weighted by Crippen LogP contribution is -2.35. The molecule has 1 heterocycles. The number of hydrogen-bond donors (Lipinski definition) is 1. The molecule has 7 nitrogen and oxygen atoms in total. The van der Waals surface area contributed by atoms with E-state index in [4.69, 9.17) is 0 Å². The van der Waals surface area contributed by atoms with E-state index in [0.29, 0.717) is 12.1 Å². The lowest BCUT2D eigenvalue weighted by Gasteiger charge is -2.30. The van der Waals surface area contributed by atoms with Crippen LogP contribution in [-0.4, -0.2) is 33.2 Å². The number of aliphatic hydroxyl groups excluding tert-OH is 1. The molecular formula is C20H26N2O5. The Balaban J connectivity index is 2.45. The highest BCUT2D eigenvalue weighted by Crippen LogP contribution is 2.39. The Labute approximate surface area is 158 Å². The third-order valence-corrected chi connectivity index (χ3v) is 5.08. The zero-order valence-electron chi connectivity index (χ0n) is 16.0. The molecule has 2 atom stereocenters. The highest BCUT2D eigenvalue weighted by Gasteiger charge is 2.43. The number of nitro benzene ring substituents is 1. The van der Waals surface area contributed by atoms with E-state index in [9.17, 15) is 24.8 Å². The Morgan fingerprint density at radius 3 is 2.63 bits per heavy atom. The third-order valence-electron chi connectivity index (χ3n) is 5.08. The number of benzene rings is 1. The van der Waals surface area contributed by atoms with E-state index >= 15 is 0 Å². The molecule has 0 aliphatic carbocycles. The Kier molecular flexibility index (Phi) is 6.71. The van der Waals surface area contributed by atoms with Crippen molar-refractivity contribution in [3.63, 3.8) is 0 Å².